The monoisotopic (exact) mass is 478 g/mol. The second-order valence-corrected chi connectivity index (χ2v) is 10.4. The van der Waals surface area contributed by atoms with Crippen molar-refractivity contribution in [3.05, 3.63) is 24.3 Å². The lowest BCUT2D eigenvalue weighted by Gasteiger charge is -2.31. The number of methoxy groups -OCH3 is 1. The van der Waals surface area contributed by atoms with Crippen molar-refractivity contribution in [1.82, 2.24) is 10.6 Å². The Bertz CT molecular complexity index is 810. The van der Waals surface area contributed by atoms with Gasteiger partial charge in [-0.2, -0.15) is 0 Å². The minimum Gasteiger partial charge on any atom is -0.497 e. The van der Waals surface area contributed by atoms with Crippen molar-refractivity contribution in [3.63, 3.8) is 0 Å². The number of nitrogens with one attached hydrogen (secondary N) is 2. The van der Waals surface area contributed by atoms with Gasteiger partial charge < -0.3 is 24.8 Å². The molecule has 8 nitrogen and oxygen atoms in total. The van der Waals surface area contributed by atoms with Gasteiger partial charge in [-0.05, 0) is 57.6 Å². The van der Waals surface area contributed by atoms with Crippen LogP contribution in [-0.2, 0) is 19.1 Å². The maximum absolute atomic E-state index is 13.1. The van der Waals surface area contributed by atoms with Crippen LogP contribution in [-0.4, -0.2) is 50.2 Å². The fourth-order valence-corrected chi connectivity index (χ4v) is 3.36. The van der Waals surface area contributed by atoms with E-state index in [0.717, 1.165) is 5.75 Å². The summed E-state index contributed by atoms with van der Waals surface area (Å²) in [6.07, 6.45) is 1.79. The highest BCUT2D eigenvalue weighted by atomic mass is 16.6. The first-order chi connectivity index (χ1) is 15.8. The second-order valence-electron chi connectivity index (χ2n) is 10.4. The molecule has 0 bridgehead atoms. The zero-order chi connectivity index (χ0) is 25.9. The lowest BCUT2D eigenvalue weighted by atomic mass is 9.85. The van der Waals surface area contributed by atoms with Gasteiger partial charge in [-0.15, -0.1) is 0 Å². The third-order valence-electron chi connectivity index (χ3n) is 5.12. The molecule has 1 aromatic carbocycles. The summed E-state index contributed by atoms with van der Waals surface area (Å²) in [6.45, 7) is 11.5. The van der Waals surface area contributed by atoms with E-state index in [9.17, 15) is 14.4 Å². The number of hydrogen-bond acceptors (Lipinski definition) is 6. The zero-order valence-electron chi connectivity index (χ0n) is 21.9. The van der Waals surface area contributed by atoms with Crippen LogP contribution in [0.5, 0.6) is 11.5 Å². The van der Waals surface area contributed by atoms with Gasteiger partial charge >= 0.3 is 5.97 Å². The number of esters is 1. The van der Waals surface area contributed by atoms with Gasteiger partial charge in [-0.25, -0.2) is 0 Å². The van der Waals surface area contributed by atoms with Gasteiger partial charge in [0.2, 0.25) is 11.8 Å². The number of amides is 2. The molecule has 1 aromatic rings. The van der Waals surface area contributed by atoms with Gasteiger partial charge in [0, 0.05) is 19.0 Å². The van der Waals surface area contributed by atoms with E-state index in [1.165, 1.54) is 7.05 Å². The number of likely N-dealkylation sites (N-methyl/N-ethyl adjacent to an activating group) is 1. The van der Waals surface area contributed by atoms with Crippen molar-refractivity contribution in [3.8, 4) is 11.5 Å². The van der Waals surface area contributed by atoms with E-state index in [1.54, 1.807) is 27.9 Å². The first-order valence-corrected chi connectivity index (χ1v) is 11.8. The number of unbranched alkanes of at least 4 members (excludes halogenated alkanes) is 1. The molecule has 0 aromatic heterocycles. The van der Waals surface area contributed by atoms with E-state index in [0.29, 0.717) is 31.6 Å². The molecule has 34 heavy (non-hydrogen) atoms. The number of benzene rings is 1. The third kappa shape index (κ3) is 10.9. The van der Waals surface area contributed by atoms with Crippen LogP contribution in [0.4, 0.5) is 0 Å². The molecule has 2 amide bonds. The Balaban J connectivity index is 2.77. The molecule has 0 saturated heterocycles. The lowest BCUT2D eigenvalue weighted by Crippen LogP contribution is -2.54. The lowest BCUT2D eigenvalue weighted by molar-refractivity contribution is -0.157. The summed E-state index contributed by atoms with van der Waals surface area (Å²) in [4.78, 5) is 38.0. The topological polar surface area (TPSA) is 103 Å². The summed E-state index contributed by atoms with van der Waals surface area (Å²) in [5.74, 6) is -0.225. The highest BCUT2D eigenvalue weighted by Gasteiger charge is 2.34. The maximum atomic E-state index is 13.1. The molecule has 0 spiro atoms. The molecule has 1 rings (SSSR count). The van der Waals surface area contributed by atoms with Crippen LogP contribution in [0.1, 0.15) is 67.2 Å². The Morgan fingerprint density at radius 2 is 1.62 bits per heavy atom. The third-order valence-corrected chi connectivity index (χ3v) is 5.12. The van der Waals surface area contributed by atoms with E-state index in [4.69, 9.17) is 14.2 Å². The smallest absolute Gasteiger partial charge is 0.307 e. The quantitative estimate of drug-likeness (QED) is 0.349. The van der Waals surface area contributed by atoms with Gasteiger partial charge in [0.25, 0.3) is 0 Å². The number of carbonyl (C=O) groups excluding carboxylic acids is 3. The van der Waals surface area contributed by atoms with Crippen molar-refractivity contribution >= 4 is 17.8 Å². The number of rotatable bonds is 12. The van der Waals surface area contributed by atoms with Crippen LogP contribution in [0.15, 0.2) is 24.3 Å². The van der Waals surface area contributed by atoms with Crippen LogP contribution in [0.2, 0.25) is 0 Å². The van der Waals surface area contributed by atoms with Gasteiger partial charge in [-0.1, -0.05) is 26.8 Å². The van der Waals surface area contributed by atoms with Crippen LogP contribution in [0, 0.1) is 11.3 Å². The van der Waals surface area contributed by atoms with Crippen LogP contribution >= 0.6 is 0 Å². The van der Waals surface area contributed by atoms with E-state index < -0.39 is 28.9 Å². The summed E-state index contributed by atoms with van der Waals surface area (Å²) in [5.41, 5.74) is -1.13. The first kappa shape index (κ1) is 29.3. The van der Waals surface area contributed by atoms with Crippen molar-refractivity contribution in [1.29, 1.82) is 0 Å². The van der Waals surface area contributed by atoms with Crippen molar-refractivity contribution in [2.24, 2.45) is 11.3 Å². The van der Waals surface area contributed by atoms with E-state index in [2.05, 4.69) is 10.6 Å². The summed E-state index contributed by atoms with van der Waals surface area (Å²) in [6, 6.07) is 6.64. The van der Waals surface area contributed by atoms with Crippen molar-refractivity contribution in [2.45, 2.75) is 78.9 Å². The normalized spacial score (nSPS) is 13.4. The molecule has 0 heterocycles. The summed E-state index contributed by atoms with van der Waals surface area (Å²) < 4.78 is 16.4. The molecule has 2 atom stereocenters. The van der Waals surface area contributed by atoms with Gasteiger partial charge in [0.15, 0.2) is 0 Å². The maximum Gasteiger partial charge on any atom is 0.307 e. The average molecular weight is 479 g/mol. The van der Waals surface area contributed by atoms with Crippen LogP contribution < -0.4 is 20.1 Å². The molecule has 0 saturated carbocycles. The molecular formula is C26H42N2O6. The average Bonchev–Trinajstić information content (AvgIpc) is 2.73. The molecule has 8 heteroatoms. The fourth-order valence-electron chi connectivity index (χ4n) is 3.36. The standard InChI is InChI=1S/C26H42N2O6/c1-25(2,3)22(24(31)27-7)28-23(30)18(16-21(29)34-26(4,5)6)12-9-10-15-33-20-14-11-13-19(17-20)32-8/h11,13-14,17-18,22H,9-10,12,15-16H2,1-8H3,(H,27,31)(H,28,30)/t18-,22-/m1/s1. The highest BCUT2D eigenvalue weighted by molar-refractivity contribution is 5.90. The van der Waals surface area contributed by atoms with Crippen LogP contribution in [0.3, 0.4) is 0 Å². The Kier molecular flexibility index (Phi) is 11.4. The molecule has 0 aliphatic carbocycles. The molecule has 0 radical (unpaired) electrons. The predicted octanol–water partition coefficient (Wildman–Crippen LogP) is 3.87. The summed E-state index contributed by atoms with van der Waals surface area (Å²) in [5, 5.41) is 5.45. The Morgan fingerprint density at radius 3 is 2.18 bits per heavy atom. The molecule has 0 aliphatic rings. The fraction of sp³-hybridized carbons (Fsp3) is 0.654. The van der Waals surface area contributed by atoms with Gasteiger partial charge in [-0.3, -0.25) is 14.4 Å². The zero-order valence-corrected chi connectivity index (χ0v) is 21.9. The highest BCUT2D eigenvalue weighted by Crippen LogP contribution is 2.23. The SMILES string of the molecule is CNC(=O)[C@@H](NC(=O)[C@H](CCCCOc1cccc(OC)c1)CC(=O)OC(C)(C)C)C(C)(C)C. The predicted molar refractivity (Wildman–Crippen MR) is 132 cm³/mol. The van der Waals surface area contributed by atoms with Gasteiger partial charge in [0.05, 0.1) is 20.1 Å². The first-order valence-electron chi connectivity index (χ1n) is 11.8. The summed E-state index contributed by atoms with van der Waals surface area (Å²) in [7, 11) is 3.14. The van der Waals surface area contributed by atoms with Crippen molar-refractivity contribution in [2.75, 3.05) is 20.8 Å². The number of hydrogen-bond donors (Lipinski definition) is 2. The second kappa shape index (κ2) is 13.2. The van der Waals surface area contributed by atoms with Crippen molar-refractivity contribution < 1.29 is 28.6 Å². The van der Waals surface area contributed by atoms with Crippen LogP contribution in [0.25, 0.3) is 0 Å². The molecule has 192 valence electrons. The van der Waals surface area contributed by atoms with E-state index in [-0.39, 0.29) is 18.2 Å². The molecule has 2 N–H and O–H groups in total. The molecule has 0 aliphatic heterocycles. The Hall–Kier alpha value is -2.77. The van der Waals surface area contributed by atoms with E-state index in [1.807, 2.05) is 45.0 Å². The van der Waals surface area contributed by atoms with E-state index >= 15 is 0 Å². The molecular weight excluding hydrogens is 436 g/mol. The van der Waals surface area contributed by atoms with Gasteiger partial charge in [0.1, 0.15) is 23.1 Å². The summed E-state index contributed by atoms with van der Waals surface area (Å²) >= 11 is 0. The minimum absolute atomic E-state index is 0.0511. The Labute approximate surface area is 204 Å². The molecule has 0 fully saturated rings. The molecule has 0 unspecified atom stereocenters. The minimum atomic E-state index is -0.720. The number of ether oxygens (including phenoxy) is 3. The Morgan fingerprint density at radius 1 is 0.971 bits per heavy atom. The number of carbonyl (C=O) groups is 3. The largest absolute Gasteiger partial charge is 0.497 e.